The van der Waals surface area contributed by atoms with Gasteiger partial charge in [-0.3, -0.25) is 4.98 Å². The quantitative estimate of drug-likeness (QED) is 0.665. The second kappa shape index (κ2) is 8.27. The normalized spacial score (nSPS) is 10.4. The van der Waals surface area contributed by atoms with Gasteiger partial charge >= 0.3 is 5.97 Å². The molecule has 2 heterocycles. The zero-order valence-electron chi connectivity index (χ0n) is 15.3. The summed E-state index contributed by atoms with van der Waals surface area (Å²) in [6, 6.07) is 12.4. The summed E-state index contributed by atoms with van der Waals surface area (Å²) in [5.74, 6) is 1.20. The van der Waals surface area contributed by atoms with Crippen LogP contribution in [0.15, 0.2) is 54.9 Å². The van der Waals surface area contributed by atoms with E-state index in [0.717, 1.165) is 24.5 Å². The monoisotopic (exact) mass is 363 g/mol. The summed E-state index contributed by atoms with van der Waals surface area (Å²) in [5, 5.41) is 12.2. The number of aryl methyl sites for hydroxylation is 1. The Morgan fingerprint density at radius 2 is 1.81 bits per heavy atom. The van der Waals surface area contributed by atoms with Crippen molar-refractivity contribution in [2.75, 3.05) is 23.8 Å². The maximum Gasteiger partial charge on any atom is 0.335 e. The molecule has 0 radical (unpaired) electrons. The largest absolute Gasteiger partial charge is 0.478 e. The van der Waals surface area contributed by atoms with Crippen molar-refractivity contribution in [1.82, 2.24) is 15.0 Å². The molecule has 0 aliphatic rings. The van der Waals surface area contributed by atoms with Crippen LogP contribution < -0.4 is 10.2 Å². The summed E-state index contributed by atoms with van der Waals surface area (Å²) < 4.78 is 0. The van der Waals surface area contributed by atoms with E-state index in [1.165, 1.54) is 5.56 Å². The molecule has 7 nitrogen and oxygen atoms in total. The molecule has 0 unspecified atom stereocenters. The summed E-state index contributed by atoms with van der Waals surface area (Å²) in [7, 11) is 1.99. The topological polar surface area (TPSA) is 91.2 Å². The molecule has 0 amide bonds. The molecule has 0 aliphatic carbocycles. The average molecular weight is 363 g/mol. The van der Waals surface area contributed by atoms with E-state index in [1.807, 2.05) is 32.2 Å². The molecule has 0 aliphatic heterocycles. The van der Waals surface area contributed by atoms with Crippen LogP contribution in [0.2, 0.25) is 0 Å². The summed E-state index contributed by atoms with van der Waals surface area (Å²) in [6.07, 6.45) is 4.48. The molecule has 1 aromatic carbocycles. The molecule has 2 N–H and O–H groups in total. The van der Waals surface area contributed by atoms with E-state index in [9.17, 15) is 4.79 Å². The lowest BCUT2D eigenvalue weighted by molar-refractivity contribution is 0.0697. The predicted octanol–water partition coefficient (Wildman–Crippen LogP) is 3.30. The Morgan fingerprint density at radius 3 is 2.48 bits per heavy atom. The number of nitrogens with one attached hydrogen (secondary N) is 1. The van der Waals surface area contributed by atoms with E-state index in [-0.39, 0.29) is 5.56 Å². The first-order chi connectivity index (χ1) is 13.0. The molecule has 3 aromatic rings. The number of aromatic carboxylic acids is 1. The SMILES string of the molecule is Cc1nc(Nc2ccc(C(=O)O)cc2)cc(N(C)CCc2ccncc2)n1. The maximum absolute atomic E-state index is 10.9. The molecule has 0 saturated carbocycles. The van der Waals surface area contributed by atoms with Crippen LogP contribution in [0.5, 0.6) is 0 Å². The smallest absolute Gasteiger partial charge is 0.335 e. The molecule has 0 fully saturated rings. The van der Waals surface area contributed by atoms with Gasteiger partial charge in [-0.25, -0.2) is 14.8 Å². The van der Waals surface area contributed by atoms with Crippen molar-refractivity contribution in [1.29, 1.82) is 0 Å². The molecule has 0 atom stereocenters. The third-order valence-electron chi connectivity index (χ3n) is 4.11. The number of pyridine rings is 1. The second-order valence-electron chi connectivity index (χ2n) is 6.19. The Hall–Kier alpha value is -3.48. The van der Waals surface area contributed by atoms with Gasteiger partial charge in [0.1, 0.15) is 17.5 Å². The van der Waals surface area contributed by atoms with Gasteiger partial charge < -0.3 is 15.3 Å². The third-order valence-corrected chi connectivity index (χ3v) is 4.11. The van der Waals surface area contributed by atoms with Gasteiger partial charge in [-0.05, 0) is 55.3 Å². The lowest BCUT2D eigenvalue weighted by Gasteiger charge is -2.19. The number of hydrogen-bond acceptors (Lipinski definition) is 6. The maximum atomic E-state index is 10.9. The number of hydrogen-bond donors (Lipinski definition) is 2. The van der Waals surface area contributed by atoms with Gasteiger partial charge in [-0.15, -0.1) is 0 Å². The van der Waals surface area contributed by atoms with Gasteiger partial charge in [-0.2, -0.15) is 0 Å². The molecule has 3 rings (SSSR count). The first-order valence-corrected chi connectivity index (χ1v) is 8.57. The van der Waals surface area contributed by atoms with Crippen molar-refractivity contribution >= 4 is 23.3 Å². The highest BCUT2D eigenvalue weighted by molar-refractivity contribution is 5.88. The van der Waals surface area contributed by atoms with Crippen molar-refractivity contribution < 1.29 is 9.90 Å². The number of carbonyl (C=O) groups is 1. The summed E-state index contributed by atoms with van der Waals surface area (Å²) >= 11 is 0. The Kier molecular flexibility index (Phi) is 5.61. The molecule has 27 heavy (non-hydrogen) atoms. The Labute approximate surface area is 157 Å². The summed E-state index contributed by atoms with van der Waals surface area (Å²) in [6.45, 7) is 2.66. The minimum absolute atomic E-state index is 0.246. The minimum Gasteiger partial charge on any atom is -0.478 e. The van der Waals surface area contributed by atoms with Crippen molar-refractivity contribution in [2.24, 2.45) is 0 Å². The van der Waals surface area contributed by atoms with Crippen LogP contribution in [0.1, 0.15) is 21.7 Å². The molecular formula is C20H21N5O2. The van der Waals surface area contributed by atoms with Crippen LogP contribution in [0.25, 0.3) is 0 Å². The zero-order valence-corrected chi connectivity index (χ0v) is 15.3. The molecule has 2 aromatic heterocycles. The number of rotatable bonds is 7. The Balaban J connectivity index is 1.70. The van der Waals surface area contributed by atoms with Crippen LogP contribution in [0.4, 0.5) is 17.3 Å². The standard InChI is InChI=1S/C20H21N5O2/c1-14-22-18(24-17-5-3-16(4-6-17)20(26)27)13-19(23-14)25(2)12-9-15-7-10-21-11-8-15/h3-8,10-11,13H,9,12H2,1-2H3,(H,26,27)(H,22,23,24). The van der Waals surface area contributed by atoms with Gasteiger partial charge in [0.2, 0.25) is 0 Å². The zero-order chi connectivity index (χ0) is 19.2. The van der Waals surface area contributed by atoms with Crippen molar-refractivity contribution in [3.8, 4) is 0 Å². The van der Waals surface area contributed by atoms with Crippen molar-refractivity contribution in [2.45, 2.75) is 13.3 Å². The molecule has 0 saturated heterocycles. The van der Waals surface area contributed by atoms with Crippen molar-refractivity contribution in [3.05, 3.63) is 71.8 Å². The number of carboxylic acid groups (broad SMARTS) is 1. The number of aromatic nitrogens is 3. The van der Waals surface area contributed by atoms with Crippen LogP contribution in [0.3, 0.4) is 0 Å². The highest BCUT2D eigenvalue weighted by atomic mass is 16.4. The predicted molar refractivity (Wildman–Crippen MR) is 105 cm³/mol. The van der Waals surface area contributed by atoms with E-state index >= 15 is 0 Å². The summed E-state index contributed by atoms with van der Waals surface area (Å²) in [4.78, 5) is 26.0. The van der Waals surface area contributed by atoms with E-state index in [2.05, 4.69) is 25.2 Å². The second-order valence-corrected chi connectivity index (χ2v) is 6.19. The number of anilines is 3. The third kappa shape index (κ3) is 5.01. The number of carboxylic acids is 1. The molecule has 0 spiro atoms. The van der Waals surface area contributed by atoms with Crippen LogP contribution in [0, 0.1) is 6.92 Å². The van der Waals surface area contributed by atoms with Gasteiger partial charge in [0.25, 0.3) is 0 Å². The van der Waals surface area contributed by atoms with Crippen LogP contribution in [-0.2, 0) is 6.42 Å². The van der Waals surface area contributed by atoms with Crippen LogP contribution >= 0.6 is 0 Å². The lowest BCUT2D eigenvalue weighted by atomic mass is 10.2. The first-order valence-electron chi connectivity index (χ1n) is 8.57. The van der Waals surface area contributed by atoms with E-state index in [1.54, 1.807) is 36.7 Å². The Morgan fingerprint density at radius 1 is 1.11 bits per heavy atom. The lowest BCUT2D eigenvalue weighted by Crippen LogP contribution is -2.22. The molecular weight excluding hydrogens is 342 g/mol. The first kappa shape index (κ1) is 18.3. The molecule has 7 heteroatoms. The number of nitrogens with zero attached hydrogens (tertiary/aromatic N) is 4. The van der Waals surface area contributed by atoms with Gasteiger partial charge in [0.15, 0.2) is 0 Å². The molecule has 0 bridgehead atoms. The highest BCUT2D eigenvalue weighted by Gasteiger charge is 2.08. The fourth-order valence-electron chi connectivity index (χ4n) is 2.62. The Bertz CT molecular complexity index is 913. The fourth-order valence-corrected chi connectivity index (χ4v) is 2.62. The fraction of sp³-hybridized carbons (Fsp3) is 0.200. The minimum atomic E-state index is -0.947. The number of benzene rings is 1. The number of likely N-dealkylation sites (N-methyl/N-ethyl adjacent to an activating group) is 1. The van der Waals surface area contributed by atoms with Gasteiger partial charge in [0, 0.05) is 37.7 Å². The van der Waals surface area contributed by atoms with E-state index in [0.29, 0.717) is 11.6 Å². The van der Waals surface area contributed by atoms with E-state index < -0.39 is 5.97 Å². The van der Waals surface area contributed by atoms with Crippen LogP contribution in [-0.4, -0.2) is 39.6 Å². The van der Waals surface area contributed by atoms with Gasteiger partial charge in [-0.1, -0.05) is 0 Å². The highest BCUT2D eigenvalue weighted by Crippen LogP contribution is 2.20. The summed E-state index contributed by atoms with van der Waals surface area (Å²) in [5.41, 5.74) is 2.24. The van der Waals surface area contributed by atoms with E-state index in [4.69, 9.17) is 5.11 Å². The molecule has 138 valence electrons. The van der Waals surface area contributed by atoms with Gasteiger partial charge in [0.05, 0.1) is 5.56 Å². The average Bonchev–Trinajstić information content (AvgIpc) is 2.67. The van der Waals surface area contributed by atoms with Crippen molar-refractivity contribution in [3.63, 3.8) is 0 Å².